The lowest BCUT2D eigenvalue weighted by molar-refractivity contribution is -0.119. The van der Waals surface area contributed by atoms with E-state index < -0.39 is 0 Å². The van der Waals surface area contributed by atoms with Crippen LogP contribution in [0.25, 0.3) is 0 Å². The molecule has 0 spiro atoms. The van der Waals surface area contributed by atoms with E-state index in [1.54, 1.807) is 12.4 Å². The van der Waals surface area contributed by atoms with Gasteiger partial charge in [0.25, 0.3) is 0 Å². The van der Waals surface area contributed by atoms with E-state index in [0.717, 1.165) is 21.7 Å². The second-order valence-corrected chi connectivity index (χ2v) is 7.23. The minimum absolute atomic E-state index is 0.0541. The zero-order valence-corrected chi connectivity index (χ0v) is 16.3. The predicted molar refractivity (Wildman–Crippen MR) is 112 cm³/mol. The van der Waals surface area contributed by atoms with E-state index in [4.69, 9.17) is 0 Å². The van der Waals surface area contributed by atoms with Crippen molar-refractivity contribution < 1.29 is 9.59 Å². The van der Waals surface area contributed by atoms with E-state index in [0.29, 0.717) is 5.75 Å². The maximum atomic E-state index is 12.6. The Morgan fingerprint density at radius 2 is 1.57 bits per heavy atom. The third-order valence-corrected chi connectivity index (χ3v) is 5.03. The summed E-state index contributed by atoms with van der Waals surface area (Å²) in [6, 6.07) is 20.9. The van der Waals surface area contributed by atoms with Gasteiger partial charge in [-0.05, 0) is 47.5 Å². The fraction of sp³-hybridized carbons (Fsp3) is 0.136. The van der Waals surface area contributed by atoms with Crippen molar-refractivity contribution >= 4 is 29.3 Å². The minimum Gasteiger partial charge on any atom is -0.344 e. The van der Waals surface area contributed by atoms with Crippen LogP contribution < -0.4 is 10.6 Å². The number of carbonyl (C=O) groups excluding carboxylic acids is 2. The Balaban J connectivity index is 1.63. The first-order chi connectivity index (χ1) is 13.6. The molecule has 3 aromatic rings. The van der Waals surface area contributed by atoms with Gasteiger partial charge in [-0.1, -0.05) is 30.3 Å². The molecule has 0 aliphatic carbocycles. The first kappa shape index (κ1) is 19.6. The first-order valence-electron chi connectivity index (χ1n) is 8.86. The number of hydrogen-bond donors (Lipinski definition) is 2. The lowest BCUT2D eigenvalue weighted by Crippen LogP contribution is -2.30. The fourth-order valence-electron chi connectivity index (χ4n) is 2.75. The number of amides is 2. The Morgan fingerprint density at radius 3 is 2.21 bits per heavy atom. The smallest absolute Gasteiger partial charge is 0.231 e. The number of benzene rings is 2. The zero-order valence-electron chi connectivity index (χ0n) is 15.5. The summed E-state index contributed by atoms with van der Waals surface area (Å²) < 4.78 is 0. The topological polar surface area (TPSA) is 71.1 Å². The molecule has 0 saturated carbocycles. The van der Waals surface area contributed by atoms with Crippen molar-refractivity contribution in [1.82, 2.24) is 10.3 Å². The fourth-order valence-corrected chi connectivity index (χ4v) is 3.46. The van der Waals surface area contributed by atoms with Crippen LogP contribution in [0, 0.1) is 0 Å². The molecule has 0 aliphatic rings. The molecule has 2 amide bonds. The van der Waals surface area contributed by atoms with Gasteiger partial charge in [-0.3, -0.25) is 14.6 Å². The standard InChI is InChI=1S/C22H21N3O2S/c1-16(26)24-19-7-9-20(10-8-19)28-15-21(27)25-22(17-5-3-2-4-6-17)18-11-13-23-14-12-18/h2-14,22H,15H2,1H3,(H,24,26)(H,25,27). The maximum Gasteiger partial charge on any atom is 0.231 e. The third-order valence-electron chi connectivity index (χ3n) is 4.02. The average Bonchev–Trinajstić information content (AvgIpc) is 2.72. The van der Waals surface area contributed by atoms with Gasteiger partial charge in [-0.25, -0.2) is 0 Å². The number of nitrogens with one attached hydrogen (secondary N) is 2. The number of carbonyl (C=O) groups is 2. The molecular weight excluding hydrogens is 370 g/mol. The summed E-state index contributed by atoms with van der Waals surface area (Å²) in [5.41, 5.74) is 2.74. The summed E-state index contributed by atoms with van der Waals surface area (Å²) in [5, 5.41) is 5.84. The third kappa shape index (κ3) is 5.69. The summed E-state index contributed by atoms with van der Waals surface area (Å²) in [4.78, 5) is 28.7. The summed E-state index contributed by atoms with van der Waals surface area (Å²) in [6.45, 7) is 1.47. The normalized spacial score (nSPS) is 11.5. The molecule has 6 heteroatoms. The molecule has 5 nitrogen and oxygen atoms in total. The van der Waals surface area contributed by atoms with Crippen LogP contribution in [0.4, 0.5) is 5.69 Å². The van der Waals surface area contributed by atoms with Gasteiger partial charge < -0.3 is 10.6 Å². The summed E-state index contributed by atoms with van der Waals surface area (Å²) in [7, 11) is 0. The van der Waals surface area contributed by atoms with Crippen LogP contribution in [0.3, 0.4) is 0 Å². The van der Waals surface area contributed by atoms with Gasteiger partial charge in [0.2, 0.25) is 11.8 Å². The van der Waals surface area contributed by atoms with E-state index in [9.17, 15) is 9.59 Å². The predicted octanol–water partition coefficient (Wildman–Crippen LogP) is 4.04. The van der Waals surface area contributed by atoms with Gasteiger partial charge in [0.15, 0.2) is 0 Å². The van der Waals surface area contributed by atoms with Crippen molar-refractivity contribution in [2.24, 2.45) is 0 Å². The van der Waals surface area contributed by atoms with E-state index >= 15 is 0 Å². The van der Waals surface area contributed by atoms with E-state index in [1.807, 2.05) is 66.7 Å². The molecule has 0 bridgehead atoms. The molecular formula is C22H21N3O2S. The highest BCUT2D eigenvalue weighted by atomic mass is 32.2. The zero-order chi connectivity index (χ0) is 19.8. The number of aromatic nitrogens is 1. The van der Waals surface area contributed by atoms with Gasteiger partial charge in [0.1, 0.15) is 0 Å². The molecule has 0 radical (unpaired) electrons. The van der Waals surface area contributed by atoms with Crippen LogP contribution in [0.1, 0.15) is 24.1 Å². The quantitative estimate of drug-likeness (QED) is 0.597. The second-order valence-electron chi connectivity index (χ2n) is 6.19. The van der Waals surface area contributed by atoms with Crippen molar-refractivity contribution in [3.8, 4) is 0 Å². The van der Waals surface area contributed by atoms with Crippen LogP contribution >= 0.6 is 11.8 Å². The molecule has 0 aliphatic heterocycles. The van der Waals surface area contributed by atoms with Gasteiger partial charge in [-0.2, -0.15) is 0 Å². The molecule has 28 heavy (non-hydrogen) atoms. The number of anilines is 1. The Bertz CT molecular complexity index is 876. The van der Waals surface area contributed by atoms with Gasteiger partial charge in [-0.15, -0.1) is 11.8 Å². The number of rotatable bonds is 7. The van der Waals surface area contributed by atoms with Crippen LogP contribution in [0.15, 0.2) is 84.0 Å². The number of thioether (sulfide) groups is 1. The Labute approximate surface area is 168 Å². The highest BCUT2D eigenvalue weighted by Crippen LogP contribution is 2.23. The number of hydrogen-bond acceptors (Lipinski definition) is 4. The molecule has 0 fully saturated rings. The Kier molecular flexibility index (Phi) is 6.81. The Hall–Kier alpha value is -3.12. The van der Waals surface area contributed by atoms with Gasteiger partial charge in [0, 0.05) is 29.9 Å². The maximum absolute atomic E-state index is 12.6. The van der Waals surface area contributed by atoms with Crippen LogP contribution in [-0.2, 0) is 9.59 Å². The molecule has 0 saturated heterocycles. The van der Waals surface area contributed by atoms with E-state index in [-0.39, 0.29) is 17.9 Å². The highest BCUT2D eigenvalue weighted by molar-refractivity contribution is 8.00. The summed E-state index contributed by atoms with van der Waals surface area (Å²) in [5.74, 6) is 0.137. The molecule has 1 heterocycles. The van der Waals surface area contributed by atoms with Crippen LogP contribution in [-0.4, -0.2) is 22.6 Å². The lowest BCUT2D eigenvalue weighted by Gasteiger charge is -2.19. The molecule has 1 aromatic heterocycles. The molecule has 1 unspecified atom stereocenters. The molecule has 2 aromatic carbocycles. The second kappa shape index (κ2) is 9.71. The van der Waals surface area contributed by atoms with Crippen molar-refractivity contribution in [2.45, 2.75) is 17.9 Å². The largest absolute Gasteiger partial charge is 0.344 e. The first-order valence-corrected chi connectivity index (χ1v) is 9.85. The monoisotopic (exact) mass is 391 g/mol. The van der Waals surface area contributed by atoms with Crippen molar-refractivity contribution in [3.05, 3.63) is 90.3 Å². The summed E-state index contributed by atoms with van der Waals surface area (Å²) in [6.07, 6.45) is 3.45. The summed E-state index contributed by atoms with van der Waals surface area (Å²) >= 11 is 1.45. The minimum atomic E-state index is -0.223. The molecule has 2 N–H and O–H groups in total. The number of pyridine rings is 1. The highest BCUT2D eigenvalue weighted by Gasteiger charge is 2.16. The van der Waals surface area contributed by atoms with Crippen LogP contribution in [0.5, 0.6) is 0 Å². The van der Waals surface area contributed by atoms with E-state index in [1.165, 1.54) is 18.7 Å². The molecule has 1 atom stereocenters. The average molecular weight is 391 g/mol. The molecule has 3 rings (SSSR count). The number of nitrogens with zero attached hydrogens (tertiary/aromatic N) is 1. The SMILES string of the molecule is CC(=O)Nc1ccc(SCC(=O)NC(c2ccccc2)c2ccncc2)cc1. The molecule has 142 valence electrons. The van der Waals surface area contributed by atoms with Crippen molar-refractivity contribution in [2.75, 3.05) is 11.1 Å². The lowest BCUT2D eigenvalue weighted by atomic mass is 10.00. The van der Waals surface area contributed by atoms with Gasteiger partial charge in [0.05, 0.1) is 11.8 Å². The van der Waals surface area contributed by atoms with Crippen molar-refractivity contribution in [3.63, 3.8) is 0 Å². The van der Waals surface area contributed by atoms with Gasteiger partial charge >= 0.3 is 0 Å². The Morgan fingerprint density at radius 1 is 0.929 bits per heavy atom. The van der Waals surface area contributed by atoms with E-state index in [2.05, 4.69) is 15.6 Å². The van der Waals surface area contributed by atoms with Crippen molar-refractivity contribution in [1.29, 1.82) is 0 Å². The van der Waals surface area contributed by atoms with Crippen LogP contribution in [0.2, 0.25) is 0 Å².